The van der Waals surface area contributed by atoms with Crippen molar-refractivity contribution in [2.75, 3.05) is 33.5 Å². The number of amides is 1. The standard InChI is InChI=1S/C19H19F4N5O3S2/c20-4-1-5-33(30,31)28-12-6-11(21)13(22)16(14(12)23)27-19(29)10-7-32-17-15(10)24-8-25-18(17)26-9-2-3-9/h6,8-10,28H,1-5,7H2,(H,27,29)(H,24,25,26). The van der Waals surface area contributed by atoms with Crippen molar-refractivity contribution in [2.24, 2.45) is 0 Å². The van der Waals surface area contributed by atoms with Crippen molar-refractivity contribution in [3.63, 3.8) is 0 Å². The highest BCUT2D eigenvalue weighted by atomic mass is 32.2. The number of nitrogens with zero attached hydrogens (tertiary/aromatic N) is 2. The summed E-state index contributed by atoms with van der Waals surface area (Å²) in [7, 11) is -4.22. The van der Waals surface area contributed by atoms with E-state index in [1.54, 1.807) is 4.72 Å². The highest BCUT2D eigenvalue weighted by Crippen LogP contribution is 2.43. The third-order valence-corrected chi connectivity index (χ3v) is 7.56. The molecule has 1 saturated carbocycles. The van der Waals surface area contributed by atoms with Gasteiger partial charge in [-0.2, -0.15) is 0 Å². The molecule has 2 aromatic rings. The van der Waals surface area contributed by atoms with Crippen LogP contribution in [0.3, 0.4) is 0 Å². The fraction of sp³-hybridized carbons (Fsp3) is 0.421. The summed E-state index contributed by atoms with van der Waals surface area (Å²) in [6.45, 7) is -0.926. The highest BCUT2D eigenvalue weighted by Gasteiger charge is 2.35. The minimum Gasteiger partial charge on any atom is -0.366 e. The van der Waals surface area contributed by atoms with Gasteiger partial charge in [-0.3, -0.25) is 13.9 Å². The summed E-state index contributed by atoms with van der Waals surface area (Å²) < 4.78 is 81.2. The Balaban J connectivity index is 1.57. The number of sulfonamides is 1. The SMILES string of the molecule is O=C(Nc1c(F)c(F)cc(NS(=O)(=O)CCCF)c1F)C1CSc2c(NC3CC3)ncnc21. The minimum absolute atomic E-state index is 0.223. The molecule has 0 radical (unpaired) electrons. The smallest absolute Gasteiger partial charge is 0.234 e. The lowest BCUT2D eigenvalue weighted by atomic mass is 10.1. The summed E-state index contributed by atoms with van der Waals surface area (Å²) in [5, 5.41) is 5.26. The molecule has 1 amide bonds. The summed E-state index contributed by atoms with van der Waals surface area (Å²) in [6.07, 6.45) is 2.93. The fourth-order valence-electron chi connectivity index (χ4n) is 3.21. The van der Waals surface area contributed by atoms with Crippen molar-refractivity contribution in [3.05, 3.63) is 35.5 Å². The number of alkyl halides is 1. The Morgan fingerprint density at radius 3 is 2.64 bits per heavy atom. The molecule has 3 N–H and O–H groups in total. The first-order chi connectivity index (χ1) is 15.7. The van der Waals surface area contributed by atoms with Crippen LogP contribution in [-0.2, 0) is 14.8 Å². The molecule has 1 aromatic heterocycles. The van der Waals surface area contributed by atoms with Crippen LogP contribution >= 0.6 is 11.8 Å². The lowest BCUT2D eigenvalue weighted by Gasteiger charge is -2.16. The van der Waals surface area contributed by atoms with Crippen LogP contribution in [0.5, 0.6) is 0 Å². The monoisotopic (exact) mass is 505 g/mol. The molecule has 8 nitrogen and oxygen atoms in total. The predicted octanol–water partition coefficient (Wildman–Crippen LogP) is 3.40. The zero-order valence-corrected chi connectivity index (χ0v) is 18.6. The van der Waals surface area contributed by atoms with Gasteiger partial charge in [0.25, 0.3) is 0 Å². The lowest BCUT2D eigenvalue weighted by Crippen LogP contribution is -2.24. The van der Waals surface area contributed by atoms with E-state index in [4.69, 9.17) is 0 Å². The van der Waals surface area contributed by atoms with E-state index in [1.807, 2.05) is 5.32 Å². The van der Waals surface area contributed by atoms with Gasteiger partial charge in [0.15, 0.2) is 17.5 Å². The van der Waals surface area contributed by atoms with Crippen molar-refractivity contribution < 1.29 is 30.8 Å². The molecule has 14 heteroatoms. The van der Waals surface area contributed by atoms with Crippen LogP contribution in [0.15, 0.2) is 17.3 Å². The second-order valence-corrected chi connectivity index (χ2v) is 10.5. The van der Waals surface area contributed by atoms with E-state index in [0.29, 0.717) is 28.5 Å². The molecular formula is C19H19F4N5O3S2. The average Bonchev–Trinajstić information content (AvgIpc) is 3.48. The van der Waals surface area contributed by atoms with Crippen LogP contribution < -0.4 is 15.4 Å². The maximum Gasteiger partial charge on any atom is 0.234 e. The fourth-order valence-corrected chi connectivity index (χ4v) is 5.52. The highest BCUT2D eigenvalue weighted by molar-refractivity contribution is 7.99. The summed E-state index contributed by atoms with van der Waals surface area (Å²) in [5.74, 6) is -6.37. The van der Waals surface area contributed by atoms with Crippen LogP contribution in [0.25, 0.3) is 0 Å². The number of rotatable bonds is 9. The summed E-state index contributed by atoms with van der Waals surface area (Å²) in [6, 6.07) is 0.622. The van der Waals surface area contributed by atoms with Gasteiger partial charge in [0.2, 0.25) is 15.9 Å². The Morgan fingerprint density at radius 2 is 1.94 bits per heavy atom. The molecule has 1 aliphatic carbocycles. The molecule has 1 fully saturated rings. The summed E-state index contributed by atoms with van der Waals surface area (Å²) in [4.78, 5) is 21.8. The van der Waals surface area contributed by atoms with Gasteiger partial charge in [0.05, 0.1) is 34.6 Å². The first-order valence-electron chi connectivity index (χ1n) is 9.99. The van der Waals surface area contributed by atoms with Crippen molar-refractivity contribution in [1.29, 1.82) is 0 Å². The van der Waals surface area contributed by atoms with E-state index in [-0.39, 0.29) is 12.2 Å². The number of hydrogen-bond donors (Lipinski definition) is 3. The van der Waals surface area contributed by atoms with Crippen molar-refractivity contribution in [3.8, 4) is 0 Å². The lowest BCUT2D eigenvalue weighted by molar-refractivity contribution is -0.117. The number of halogens is 4. The molecule has 2 heterocycles. The number of nitrogens with one attached hydrogen (secondary N) is 3. The van der Waals surface area contributed by atoms with E-state index in [2.05, 4.69) is 15.3 Å². The zero-order valence-electron chi connectivity index (χ0n) is 17.0. The van der Waals surface area contributed by atoms with E-state index >= 15 is 0 Å². The van der Waals surface area contributed by atoms with Crippen LogP contribution in [0.1, 0.15) is 30.9 Å². The second-order valence-electron chi connectivity index (χ2n) is 7.58. The molecule has 1 aromatic carbocycles. The van der Waals surface area contributed by atoms with E-state index < -0.39 is 63.1 Å². The van der Waals surface area contributed by atoms with Crippen molar-refractivity contribution >= 4 is 44.9 Å². The Labute approximate surface area is 191 Å². The van der Waals surface area contributed by atoms with Gasteiger partial charge in [-0.25, -0.2) is 31.6 Å². The number of anilines is 3. The third-order valence-electron chi connectivity index (χ3n) is 5.01. The first-order valence-corrected chi connectivity index (χ1v) is 12.6. The topological polar surface area (TPSA) is 113 Å². The Bertz CT molecular complexity index is 1190. The maximum atomic E-state index is 14.9. The number of benzene rings is 1. The molecule has 33 heavy (non-hydrogen) atoms. The number of carbonyl (C=O) groups is 1. The van der Waals surface area contributed by atoms with Gasteiger partial charge >= 0.3 is 0 Å². The van der Waals surface area contributed by atoms with E-state index in [9.17, 15) is 30.8 Å². The average molecular weight is 506 g/mol. The second kappa shape index (κ2) is 9.33. The first kappa shape index (κ1) is 23.5. The van der Waals surface area contributed by atoms with Crippen LogP contribution in [0.4, 0.5) is 34.8 Å². The van der Waals surface area contributed by atoms with Gasteiger partial charge in [-0.1, -0.05) is 0 Å². The summed E-state index contributed by atoms with van der Waals surface area (Å²) >= 11 is 1.31. The molecule has 4 rings (SSSR count). The quantitative estimate of drug-likeness (QED) is 0.354. The van der Waals surface area contributed by atoms with Gasteiger partial charge in [-0.05, 0) is 19.3 Å². The molecule has 1 unspecified atom stereocenters. The number of thioether (sulfide) groups is 1. The minimum atomic E-state index is -4.22. The Morgan fingerprint density at radius 1 is 1.18 bits per heavy atom. The Kier molecular flexibility index (Phi) is 6.66. The molecule has 0 spiro atoms. The van der Waals surface area contributed by atoms with E-state index in [1.165, 1.54) is 18.1 Å². The van der Waals surface area contributed by atoms with Crippen LogP contribution in [0, 0.1) is 17.5 Å². The number of fused-ring (bicyclic) bond motifs is 1. The molecule has 178 valence electrons. The molecular weight excluding hydrogens is 486 g/mol. The molecule has 2 aliphatic rings. The molecule has 1 atom stereocenters. The third kappa shape index (κ3) is 5.16. The predicted molar refractivity (Wildman–Crippen MR) is 115 cm³/mol. The van der Waals surface area contributed by atoms with Crippen molar-refractivity contribution in [1.82, 2.24) is 9.97 Å². The molecule has 0 bridgehead atoms. The zero-order chi connectivity index (χ0) is 23.8. The summed E-state index contributed by atoms with van der Waals surface area (Å²) in [5.41, 5.74) is -1.66. The number of hydrogen-bond acceptors (Lipinski definition) is 7. The van der Waals surface area contributed by atoms with Crippen LogP contribution in [-0.4, -0.2) is 48.5 Å². The maximum absolute atomic E-state index is 14.9. The van der Waals surface area contributed by atoms with Crippen molar-refractivity contribution in [2.45, 2.75) is 36.1 Å². The van der Waals surface area contributed by atoms with Gasteiger partial charge < -0.3 is 10.6 Å². The van der Waals surface area contributed by atoms with Gasteiger partial charge in [-0.15, -0.1) is 11.8 Å². The Hall–Kier alpha value is -2.61. The molecule has 1 aliphatic heterocycles. The largest absolute Gasteiger partial charge is 0.366 e. The molecule has 0 saturated heterocycles. The number of aromatic nitrogens is 2. The van der Waals surface area contributed by atoms with E-state index in [0.717, 1.165) is 12.8 Å². The van der Waals surface area contributed by atoms with Crippen LogP contribution in [0.2, 0.25) is 0 Å². The van der Waals surface area contributed by atoms with Gasteiger partial charge in [0.1, 0.15) is 17.8 Å². The normalized spacial score (nSPS) is 17.5. The number of carbonyl (C=O) groups excluding carboxylic acids is 1. The van der Waals surface area contributed by atoms with Gasteiger partial charge in [0, 0.05) is 17.9 Å².